The summed E-state index contributed by atoms with van der Waals surface area (Å²) >= 11 is 0. The summed E-state index contributed by atoms with van der Waals surface area (Å²) in [6.45, 7) is 25.3. The van der Waals surface area contributed by atoms with Crippen LogP contribution in [0.1, 0.15) is 125 Å². The van der Waals surface area contributed by atoms with Gasteiger partial charge in [-0.2, -0.15) is 0 Å². The summed E-state index contributed by atoms with van der Waals surface area (Å²) in [6.07, 6.45) is 12.8. The lowest BCUT2D eigenvalue weighted by Crippen LogP contribution is -2.59. The molecule has 0 amide bonds. The largest absolute Gasteiger partial charge is 0.414 e. The van der Waals surface area contributed by atoms with Crippen LogP contribution in [0.5, 0.6) is 0 Å². The maximum absolute atomic E-state index is 10.7. The van der Waals surface area contributed by atoms with Crippen LogP contribution in [0.4, 0.5) is 0 Å². The van der Waals surface area contributed by atoms with E-state index < -0.39 is 8.32 Å². The van der Waals surface area contributed by atoms with Crippen LogP contribution in [0, 0.1) is 52.3 Å². The van der Waals surface area contributed by atoms with Gasteiger partial charge in [0.1, 0.15) is 0 Å². The molecule has 0 aliphatic heterocycles. The Morgan fingerprint density at radius 2 is 1.55 bits per heavy atom. The fourth-order valence-electron chi connectivity index (χ4n) is 10.8. The predicted octanol–water partition coefficient (Wildman–Crippen LogP) is 10.7. The van der Waals surface area contributed by atoms with E-state index in [9.17, 15) is 5.11 Å². The minimum atomic E-state index is -1.79. The van der Waals surface area contributed by atoms with Gasteiger partial charge in [0, 0.05) is 6.10 Å². The second kappa shape index (κ2) is 13.1. The highest BCUT2D eigenvalue weighted by atomic mass is 28.4. The number of hydrogen-bond donors (Lipinski definition) is 1. The molecule has 4 saturated carbocycles. The van der Waals surface area contributed by atoms with Gasteiger partial charge in [-0.1, -0.05) is 85.7 Å². The Bertz CT molecular complexity index is 1080. The maximum Gasteiger partial charge on any atom is 0.192 e. The highest BCUT2D eigenvalue weighted by Gasteiger charge is 2.63. The Hall–Kier alpha value is -0.683. The Morgan fingerprint density at radius 1 is 0.886 bits per heavy atom. The predicted molar refractivity (Wildman–Crippen MR) is 187 cm³/mol. The van der Waals surface area contributed by atoms with E-state index >= 15 is 0 Å². The third kappa shape index (κ3) is 6.67. The molecule has 250 valence electrons. The van der Waals surface area contributed by atoms with Crippen molar-refractivity contribution in [1.82, 2.24) is 0 Å². The molecule has 5 rings (SSSR count). The van der Waals surface area contributed by atoms with Crippen LogP contribution in [0.3, 0.4) is 0 Å². The average molecular weight is 625 g/mol. The van der Waals surface area contributed by atoms with E-state index in [1.54, 1.807) is 0 Å². The third-order valence-electron chi connectivity index (χ3n) is 14.6. The van der Waals surface area contributed by atoms with E-state index in [1.165, 1.54) is 50.5 Å². The molecule has 11 unspecified atom stereocenters. The molecule has 1 aromatic carbocycles. The van der Waals surface area contributed by atoms with Crippen LogP contribution in [0.2, 0.25) is 18.1 Å². The Morgan fingerprint density at radius 3 is 2.20 bits per heavy atom. The Balaban J connectivity index is 1.33. The number of aliphatic hydroxyl groups excluding tert-OH is 1. The highest BCUT2D eigenvalue weighted by Crippen LogP contribution is 2.69. The molecule has 0 spiro atoms. The van der Waals surface area contributed by atoms with Gasteiger partial charge >= 0.3 is 0 Å². The van der Waals surface area contributed by atoms with Crippen LogP contribution >= 0.6 is 0 Å². The van der Waals surface area contributed by atoms with Gasteiger partial charge in [0.05, 0.1) is 18.8 Å². The molecule has 0 radical (unpaired) electrons. The van der Waals surface area contributed by atoms with Crippen molar-refractivity contribution in [2.24, 2.45) is 52.3 Å². The SMILES string of the molecule is CC(C)C(CCC(C)C1CCC2C3C(OCc4ccccc4)CC4CC(O)CCC4(C)C3CCC12C)O[Si](C)(C)C(C)(C)C. The Labute approximate surface area is 272 Å². The van der Waals surface area contributed by atoms with E-state index in [0.717, 1.165) is 49.5 Å². The van der Waals surface area contributed by atoms with E-state index in [1.807, 2.05) is 0 Å². The molecule has 3 nitrogen and oxygen atoms in total. The number of ether oxygens (including phenoxy) is 1. The molecule has 0 saturated heterocycles. The quantitative estimate of drug-likeness (QED) is 0.263. The second-order valence-electron chi connectivity index (χ2n) is 18.4. The van der Waals surface area contributed by atoms with Gasteiger partial charge in [0.2, 0.25) is 0 Å². The molecule has 4 heteroatoms. The lowest BCUT2D eigenvalue weighted by atomic mass is 9.43. The topological polar surface area (TPSA) is 38.7 Å². The van der Waals surface area contributed by atoms with Crippen molar-refractivity contribution in [3.63, 3.8) is 0 Å². The normalized spacial score (nSPS) is 39.0. The minimum Gasteiger partial charge on any atom is -0.414 e. The zero-order chi connectivity index (χ0) is 32.1. The lowest BCUT2D eigenvalue weighted by Gasteiger charge is -2.63. The number of hydrogen-bond acceptors (Lipinski definition) is 3. The van der Waals surface area contributed by atoms with Crippen LogP contribution in [-0.2, 0) is 15.8 Å². The fourth-order valence-corrected chi connectivity index (χ4v) is 12.3. The van der Waals surface area contributed by atoms with Gasteiger partial charge < -0.3 is 14.3 Å². The first-order chi connectivity index (χ1) is 20.6. The highest BCUT2D eigenvalue weighted by molar-refractivity contribution is 6.74. The maximum atomic E-state index is 10.7. The molecule has 4 aliphatic carbocycles. The summed E-state index contributed by atoms with van der Waals surface area (Å²) in [7, 11) is -1.79. The lowest BCUT2D eigenvalue weighted by molar-refractivity contribution is -0.191. The first-order valence-electron chi connectivity index (χ1n) is 18.6. The molecule has 4 aliphatic rings. The number of aliphatic hydroxyl groups is 1. The van der Waals surface area contributed by atoms with E-state index in [2.05, 4.69) is 98.8 Å². The molecular formula is C40H68O3Si. The first-order valence-corrected chi connectivity index (χ1v) is 21.5. The molecule has 0 heterocycles. The minimum absolute atomic E-state index is 0.125. The monoisotopic (exact) mass is 624 g/mol. The smallest absolute Gasteiger partial charge is 0.192 e. The van der Waals surface area contributed by atoms with E-state index in [4.69, 9.17) is 9.16 Å². The van der Waals surface area contributed by atoms with Crippen LogP contribution in [0.15, 0.2) is 30.3 Å². The van der Waals surface area contributed by atoms with Crippen LogP contribution in [0.25, 0.3) is 0 Å². The molecule has 1 N–H and O–H groups in total. The zero-order valence-electron chi connectivity index (χ0n) is 30.2. The van der Waals surface area contributed by atoms with Gasteiger partial charge in [-0.3, -0.25) is 0 Å². The van der Waals surface area contributed by atoms with Crippen molar-refractivity contribution < 1.29 is 14.3 Å². The third-order valence-corrected chi connectivity index (χ3v) is 19.1. The van der Waals surface area contributed by atoms with E-state index in [0.29, 0.717) is 40.8 Å². The van der Waals surface area contributed by atoms with Gasteiger partial charge in [-0.25, -0.2) is 0 Å². The molecular weight excluding hydrogens is 557 g/mol. The summed E-state index contributed by atoms with van der Waals surface area (Å²) in [4.78, 5) is 0. The van der Waals surface area contributed by atoms with Gasteiger partial charge in [0.15, 0.2) is 8.32 Å². The second-order valence-corrected chi connectivity index (χ2v) is 23.2. The van der Waals surface area contributed by atoms with Crippen molar-refractivity contribution in [1.29, 1.82) is 0 Å². The van der Waals surface area contributed by atoms with Crippen molar-refractivity contribution in [2.45, 2.75) is 163 Å². The summed E-state index contributed by atoms with van der Waals surface area (Å²) in [6, 6.07) is 10.8. The van der Waals surface area contributed by atoms with Crippen LogP contribution in [-0.4, -0.2) is 31.7 Å². The molecule has 0 aromatic heterocycles. The number of benzene rings is 1. The number of fused-ring (bicyclic) bond motifs is 5. The van der Waals surface area contributed by atoms with Gasteiger partial charge in [-0.15, -0.1) is 0 Å². The zero-order valence-corrected chi connectivity index (χ0v) is 31.2. The van der Waals surface area contributed by atoms with Crippen molar-refractivity contribution >= 4 is 8.32 Å². The van der Waals surface area contributed by atoms with Crippen LogP contribution < -0.4 is 0 Å². The molecule has 0 bridgehead atoms. The standard InChI is InChI=1S/C40H68O3Si/c1-27(2)35(43-44(9,10)38(4,5)6)19-16-28(3)32-17-18-33-37-34(21-23-40(32,33)8)39(7)22-20-31(41)24-30(39)25-36(37)42-26-29-14-12-11-13-15-29/h11-15,27-28,30-37,41H,16-26H2,1-10H3. The molecule has 1 aromatic rings. The summed E-state index contributed by atoms with van der Waals surface area (Å²) in [5.41, 5.74) is 2.05. The number of rotatable bonds is 10. The van der Waals surface area contributed by atoms with Gasteiger partial charge in [-0.05, 0) is 140 Å². The summed E-state index contributed by atoms with van der Waals surface area (Å²) in [5, 5.41) is 11.0. The van der Waals surface area contributed by atoms with Crippen molar-refractivity contribution in [3.05, 3.63) is 35.9 Å². The Kier molecular flexibility index (Phi) is 10.3. The summed E-state index contributed by atoms with van der Waals surface area (Å²) < 4.78 is 14.0. The molecule has 44 heavy (non-hydrogen) atoms. The molecule has 4 fully saturated rings. The molecule has 11 atom stereocenters. The van der Waals surface area contributed by atoms with E-state index in [-0.39, 0.29) is 11.1 Å². The van der Waals surface area contributed by atoms with Crippen molar-refractivity contribution in [3.8, 4) is 0 Å². The first kappa shape index (κ1) is 34.6. The van der Waals surface area contributed by atoms with Gasteiger partial charge in [0.25, 0.3) is 0 Å². The fraction of sp³-hybridized carbons (Fsp3) is 0.850. The summed E-state index contributed by atoms with van der Waals surface area (Å²) in [5.74, 6) is 4.80. The average Bonchev–Trinajstić information content (AvgIpc) is 3.31. The van der Waals surface area contributed by atoms with Crippen molar-refractivity contribution in [2.75, 3.05) is 0 Å².